The van der Waals surface area contributed by atoms with E-state index in [1.54, 1.807) is 12.1 Å². The van der Waals surface area contributed by atoms with Crippen LogP contribution in [0.1, 0.15) is 23.2 Å². The summed E-state index contributed by atoms with van der Waals surface area (Å²) >= 11 is 5.11. The van der Waals surface area contributed by atoms with Gasteiger partial charge in [0.2, 0.25) is 0 Å². The van der Waals surface area contributed by atoms with Crippen molar-refractivity contribution in [3.8, 4) is 5.75 Å². The third kappa shape index (κ3) is 3.39. The van der Waals surface area contributed by atoms with Gasteiger partial charge in [-0.1, -0.05) is 15.9 Å². The van der Waals surface area contributed by atoms with Gasteiger partial charge in [0.1, 0.15) is 5.75 Å². The summed E-state index contributed by atoms with van der Waals surface area (Å²) in [5.41, 5.74) is 0.337. The average Bonchev–Trinajstić information content (AvgIpc) is 2.30. The van der Waals surface area contributed by atoms with Crippen LogP contribution in [0.15, 0.2) is 22.7 Å². The van der Waals surface area contributed by atoms with Crippen molar-refractivity contribution < 1.29 is 9.90 Å². The minimum Gasteiger partial charge on any atom is -0.507 e. The van der Waals surface area contributed by atoms with Gasteiger partial charge in [0.15, 0.2) is 0 Å². The molecule has 1 aromatic carbocycles. The Morgan fingerprint density at radius 2 is 2.35 bits per heavy atom. The Morgan fingerprint density at radius 3 is 3.00 bits per heavy atom. The molecule has 1 fully saturated rings. The number of phenols is 1. The number of carbonyl (C=O) groups excluding carboxylic acids is 1. The molecule has 1 heterocycles. The summed E-state index contributed by atoms with van der Waals surface area (Å²) in [4.78, 5) is 11.9. The Bertz CT molecular complexity index is 419. The van der Waals surface area contributed by atoms with Crippen molar-refractivity contribution in [2.24, 2.45) is 0 Å². The summed E-state index contributed by atoms with van der Waals surface area (Å²) in [5, 5.41) is 12.7. The molecule has 1 aromatic rings. The Kier molecular flexibility index (Phi) is 4.34. The fourth-order valence-electron chi connectivity index (χ4n) is 1.81. The normalized spacial score (nSPS) is 19.9. The quantitative estimate of drug-likeness (QED) is 0.882. The van der Waals surface area contributed by atoms with Crippen molar-refractivity contribution in [2.45, 2.75) is 18.9 Å². The van der Waals surface area contributed by atoms with Crippen LogP contribution in [0.4, 0.5) is 0 Å². The first-order chi connectivity index (χ1) is 8.16. The van der Waals surface area contributed by atoms with Gasteiger partial charge in [-0.2, -0.15) is 11.8 Å². The van der Waals surface area contributed by atoms with Crippen LogP contribution in [-0.4, -0.2) is 28.6 Å². The van der Waals surface area contributed by atoms with Crippen molar-refractivity contribution >= 4 is 33.6 Å². The molecule has 0 bridgehead atoms. The van der Waals surface area contributed by atoms with Crippen LogP contribution in [0, 0.1) is 0 Å². The minimum atomic E-state index is -0.192. The van der Waals surface area contributed by atoms with Gasteiger partial charge in [-0.05, 0) is 36.8 Å². The number of phenolic OH excluding ortho intramolecular Hbond substituents is 1. The maximum atomic E-state index is 11.9. The molecule has 1 atom stereocenters. The lowest BCUT2D eigenvalue weighted by atomic mass is 10.1. The lowest BCUT2D eigenvalue weighted by Crippen LogP contribution is -2.38. The zero-order valence-electron chi connectivity index (χ0n) is 9.28. The Labute approximate surface area is 113 Å². The zero-order chi connectivity index (χ0) is 12.3. The summed E-state index contributed by atoms with van der Waals surface area (Å²) in [6.07, 6.45) is 2.16. The van der Waals surface area contributed by atoms with Crippen molar-refractivity contribution in [1.29, 1.82) is 0 Å². The van der Waals surface area contributed by atoms with Gasteiger partial charge in [0.05, 0.1) is 5.56 Å². The highest BCUT2D eigenvalue weighted by Crippen LogP contribution is 2.23. The van der Waals surface area contributed by atoms with Crippen molar-refractivity contribution in [3.05, 3.63) is 28.2 Å². The molecule has 0 saturated carbocycles. The topological polar surface area (TPSA) is 49.3 Å². The van der Waals surface area contributed by atoms with Crippen molar-refractivity contribution in [2.75, 3.05) is 11.5 Å². The van der Waals surface area contributed by atoms with E-state index in [1.807, 2.05) is 11.8 Å². The SMILES string of the molecule is O=C(NC1CCCSC1)c1ccc(Br)cc1O. The molecule has 3 nitrogen and oxygen atoms in total. The van der Waals surface area contributed by atoms with E-state index in [0.29, 0.717) is 5.56 Å². The fraction of sp³-hybridized carbons (Fsp3) is 0.417. The van der Waals surface area contributed by atoms with Crippen LogP contribution in [0.5, 0.6) is 5.75 Å². The minimum absolute atomic E-state index is 0.0142. The van der Waals surface area contributed by atoms with E-state index in [4.69, 9.17) is 0 Å². The Balaban J connectivity index is 2.03. The third-order valence-electron chi connectivity index (χ3n) is 2.70. The second kappa shape index (κ2) is 5.78. The largest absolute Gasteiger partial charge is 0.507 e. The molecule has 0 aliphatic carbocycles. The molecule has 92 valence electrons. The van der Waals surface area contributed by atoms with E-state index in [9.17, 15) is 9.90 Å². The number of halogens is 1. The van der Waals surface area contributed by atoms with Crippen LogP contribution in [-0.2, 0) is 0 Å². The van der Waals surface area contributed by atoms with E-state index < -0.39 is 0 Å². The first-order valence-electron chi connectivity index (χ1n) is 5.54. The van der Waals surface area contributed by atoms with Gasteiger partial charge in [-0.25, -0.2) is 0 Å². The predicted octanol–water partition coefficient (Wildman–Crippen LogP) is 2.78. The molecule has 2 N–H and O–H groups in total. The molecule has 2 rings (SSSR count). The van der Waals surface area contributed by atoms with Gasteiger partial charge in [-0.15, -0.1) is 0 Å². The van der Waals surface area contributed by atoms with Crippen LogP contribution in [0.3, 0.4) is 0 Å². The molecular weight excluding hydrogens is 302 g/mol. The van der Waals surface area contributed by atoms with Crippen LogP contribution >= 0.6 is 27.7 Å². The van der Waals surface area contributed by atoms with Gasteiger partial charge >= 0.3 is 0 Å². The van der Waals surface area contributed by atoms with Gasteiger partial charge in [0.25, 0.3) is 5.91 Å². The molecule has 0 radical (unpaired) electrons. The number of hydrogen-bond acceptors (Lipinski definition) is 3. The van der Waals surface area contributed by atoms with Crippen LogP contribution in [0.25, 0.3) is 0 Å². The number of hydrogen-bond donors (Lipinski definition) is 2. The lowest BCUT2D eigenvalue weighted by molar-refractivity contribution is 0.0936. The first kappa shape index (κ1) is 12.8. The number of thioether (sulfide) groups is 1. The van der Waals surface area contributed by atoms with E-state index in [2.05, 4.69) is 21.2 Å². The number of benzene rings is 1. The number of amides is 1. The highest BCUT2D eigenvalue weighted by molar-refractivity contribution is 9.10. The third-order valence-corrected chi connectivity index (χ3v) is 4.41. The molecule has 1 aliphatic rings. The van der Waals surface area contributed by atoms with Gasteiger partial charge < -0.3 is 10.4 Å². The molecule has 1 amide bonds. The number of aromatic hydroxyl groups is 1. The molecule has 5 heteroatoms. The monoisotopic (exact) mass is 315 g/mol. The van der Waals surface area contributed by atoms with Crippen molar-refractivity contribution in [3.63, 3.8) is 0 Å². The lowest BCUT2D eigenvalue weighted by Gasteiger charge is -2.22. The molecule has 1 saturated heterocycles. The van der Waals surface area contributed by atoms with Crippen LogP contribution < -0.4 is 5.32 Å². The Hall–Kier alpha value is -0.680. The summed E-state index contributed by atoms with van der Waals surface area (Å²) < 4.78 is 0.764. The van der Waals surface area contributed by atoms with Crippen molar-refractivity contribution in [1.82, 2.24) is 5.32 Å². The predicted molar refractivity (Wildman–Crippen MR) is 73.6 cm³/mol. The first-order valence-corrected chi connectivity index (χ1v) is 7.48. The van der Waals surface area contributed by atoms with E-state index in [1.165, 1.54) is 11.8 Å². The Morgan fingerprint density at radius 1 is 1.53 bits per heavy atom. The summed E-state index contributed by atoms with van der Waals surface area (Å²) in [7, 11) is 0. The number of carbonyl (C=O) groups is 1. The van der Waals surface area contributed by atoms with Gasteiger partial charge in [-0.3, -0.25) is 4.79 Å². The standard InChI is InChI=1S/C12H14BrNO2S/c13-8-3-4-10(11(15)6-8)12(16)14-9-2-1-5-17-7-9/h3-4,6,9,15H,1-2,5,7H2,(H,14,16). The fourth-order valence-corrected chi connectivity index (χ4v) is 3.24. The van der Waals surface area contributed by atoms with Gasteiger partial charge in [0, 0.05) is 16.3 Å². The summed E-state index contributed by atoms with van der Waals surface area (Å²) in [6.45, 7) is 0. The van der Waals surface area contributed by atoms with Crippen LogP contribution in [0.2, 0.25) is 0 Å². The highest BCUT2D eigenvalue weighted by atomic mass is 79.9. The molecule has 1 aliphatic heterocycles. The second-order valence-corrected chi connectivity index (χ2v) is 6.11. The maximum Gasteiger partial charge on any atom is 0.255 e. The number of rotatable bonds is 2. The maximum absolute atomic E-state index is 11.9. The van der Waals surface area contributed by atoms with E-state index in [0.717, 1.165) is 23.1 Å². The van der Waals surface area contributed by atoms with E-state index in [-0.39, 0.29) is 17.7 Å². The zero-order valence-corrected chi connectivity index (χ0v) is 11.7. The summed E-state index contributed by atoms with van der Waals surface area (Å²) in [5.74, 6) is 1.96. The average molecular weight is 316 g/mol. The second-order valence-electron chi connectivity index (χ2n) is 4.05. The highest BCUT2D eigenvalue weighted by Gasteiger charge is 2.18. The van der Waals surface area contributed by atoms with E-state index >= 15 is 0 Å². The molecule has 0 aromatic heterocycles. The molecule has 0 spiro atoms. The summed E-state index contributed by atoms with van der Waals surface area (Å²) in [6, 6.07) is 5.14. The number of nitrogens with one attached hydrogen (secondary N) is 1. The molecule has 17 heavy (non-hydrogen) atoms. The molecule has 1 unspecified atom stereocenters. The molecular formula is C12H14BrNO2S. The smallest absolute Gasteiger partial charge is 0.255 e.